The number of aromatic nitrogens is 1. The third kappa shape index (κ3) is 5.21. The van der Waals surface area contributed by atoms with Gasteiger partial charge >= 0.3 is 12.3 Å². The van der Waals surface area contributed by atoms with E-state index in [4.69, 9.17) is 21.3 Å². The number of carbonyl (C=O) groups excluding carboxylic acids is 1. The first-order valence-electron chi connectivity index (χ1n) is 11.8. The molecule has 4 rings (SSSR count). The zero-order valence-corrected chi connectivity index (χ0v) is 21.5. The molecule has 2 atom stereocenters. The molecule has 0 spiro atoms. The first-order chi connectivity index (χ1) is 16.8. The van der Waals surface area contributed by atoms with Crippen molar-refractivity contribution in [3.8, 4) is 11.3 Å². The minimum Gasteiger partial charge on any atom is -0.439 e. The number of rotatable bonds is 5. The summed E-state index contributed by atoms with van der Waals surface area (Å²) in [5, 5.41) is 0.499. The fraction of sp³-hybridized carbons (Fsp3) is 0.357. The van der Waals surface area contributed by atoms with Crippen molar-refractivity contribution >= 4 is 17.7 Å². The molecule has 0 saturated carbocycles. The summed E-state index contributed by atoms with van der Waals surface area (Å²) in [5.74, 6) is 0.208. The molecule has 8 heteroatoms. The van der Waals surface area contributed by atoms with Gasteiger partial charge in [0, 0.05) is 11.3 Å². The standard InChI is InChI=1S/C28H28ClF3N2O2/c1-15(2)24-9-8-23(29)25(33-24)22-7-6-16(3)10-20(22)14-34-18(5)26(36-27(34)35)19-11-17(4)12-21(13-19)28(30,31)32/h6-13,15,18,26H,14H2,1-5H3/t18-,26-/m0/s1. The van der Waals surface area contributed by atoms with E-state index >= 15 is 0 Å². The number of carbonyl (C=O) groups is 1. The number of amides is 1. The van der Waals surface area contributed by atoms with Crippen LogP contribution >= 0.6 is 11.6 Å². The highest BCUT2D eigenvalue weighted by Gasteiger charge is 2.41. The van der Waals surface area contributed by atoms with Gasteiger partial charge in [0.25, 0.3) is 0 Å². The Morgan fingerprint density at radius 2 is 1.78 bits per heavy atom. The van der Waals surface area contributed by atoms with Crippen LogP contribution in [-0.2, 0) is 17.5 Å². The van der Waals surface area contributed by atoms with Crippen molar-refractivity contribution in [2.75, 3.05) is 0 Å². The summed E-state index contributed by atoms with van der Waals surface area (Å²) in [7, 11) is 0. The number of benzene rings is 2. The Kier molecular flexibility index (Phi) is 7.06. The van der Waals surface area contributed by atoms with Crippen molar-refractivity contribution < 1.29 is 22.7 Å². The maximum Gasteiger partial charge on any atom is 0.416 e. The van der Waals surface area contributed by atoms with E-state index in [2.05, 4.69) is 0 Å². The normalized spacial score (nSPS) is 18.2. The van der Waals surface area contributed by atoms with Crippen molar-refractivity contribution in [2.45, 2.75) is 65.4 Å². The fourth-order valence-electron chi connectivity index (χ4n) is 4.54. The molecule has 1 aliphatic heterocycles. The van der Waals surface area contributed by atoms with E-state index in [9.17, 15) is 18.0 Å². The van der Waals surface area contributed by atoms with Gasteiger partial charge in [0.15, 0.2) is 0 Å². The predicted octanol–water partition coefficient (Wildman–Crippen LogP) is 8.24. The quantitative estimate of drug-likeness (QED) is 0.343. The molecule has 0 aliphatic carbocycles. The number of ether oxygens (including phenoxy) is 1. The summed E-state index contributed by atoms with van der Waals surface area (Å²) in [5.41, 5.74) is 4.17. The molecule has 4 nitrogen and oxygen atoms in total. The third-order valence-corrected chi connectivity index (χ3v) is 6.77. The summed E-state index contributed by atoms with van der Waals surface area (Å²) >= 11 is 6.53. The van der Waals surface area contributed by atoms with Gasteiger partial charge in [0.2, 0.25) is 0 Å². The molecule has 1 amide bonds. The molecule has 0 radical (unpaired) electrons. The van der Waals surface area contributed by atoms with Gasteiger partial charge in [-0.15, -0.1) is 0 Å². The van der Waals surface area contributed by atoms with Gasteiger partial charge in [-0.1, -0.05) is 60.8 Å². The number of cyclic esters (lactones) is 1. The van der Waals surface area contributed by atoms with Crippen LogP contribution in [0, 0.1) is 13.8 Å². The average molecular weight is 517 g/mol. The molecule has 1 aliphatic rings. The fourth-order valence-corrected chi connectivity index (χ4v) is 4.74. The van der Waals surface area contributed by atoms with Gasteiger partial charge in [-0.3, -0.25) is 9.88 Å². The van der Waals surface area contributed by atoms with Crippen LogP contribution in [0.2, 0.25) is 5.02 Å². The Balaban J connectivity index is 1.69. The van der Waals surface area contributed by atoms with Crippen LogP contribution < -0.4 is 0 Å². The second-order valence-corrected chi connectivity index (χ2v) is 10.1. The van der Waals surface area contributed by atoms with E-state index in [1.54, 1.807) is 24.8 Å². The van der Waals surface area contributed by atoms with Crippen LogP contribution in [0.3, 0.4) is 0 Å². The molecule has 36 heavy (non-hydrogen) atoms. The molecule has 1 saturated heterocycles. The largest absolute Gasteiger partial charge is 0.439 e. The zero-order chi connectivity index (χ0) is 26.4. The maximum atomic E-state index is 13.4. The molecule has 2 aromatic carbocycles. The summed E-state index contributed by atoms with van der Waals surface area (Å²) in [4.78, 5) is 19.2. The summed E-state index contributed by atoms with van der Waals surface area (Å²) in [6.07, 6.45) is -5.89. The van der Waals surface area contributed by atoms with Gasteiger partial charge in [0.05, 0.1) is 28.9 Å². The number of hydrogen-bond acceptors (Lipinski definition) is 3. The molecule has 0 bridgehead atoms. The number of hydrogen-bond donors (Lipinski definition) is 0. The van der Waals surface area contributed by atoms with Crippen LogP contribution in [0.1, 0.15) is 66.3 Å². The molecule has 0 N–H and O–H groups in total. The van der Waals surface area contributed by atoms with Crippen molar-refractivity contribution in [2.24, 2.45) is 0 Å². The topological polar surface area (TPSA) is 42.4 Å². The first kappa shape index (κ1) is 26.0. The van der Waals surface area contributed by atoms with Crippen LogP contribution in [0.5, 0.6) is 0 Å². The van der Waals surface area contributed by atoms with Crippen molar-refractivity contribution in [1.82, 2.24) is 9.88 Å². The molecule has 1 aromatic heterocycles. The zero-order valence-electron chi connectivity index (χ0n) is 20.8. The van der Waals surface area contributed by atoms with E-state index in [1.165, 1.54) is 0 Å². The molecule has 1 fully saturated rings. The molecule has 3 aromatic rings. The lowest BCUT2D eigenvalue weighted by atomic mass is 9.97. The minimum absolute atomic E-state index is 0.204. The monoisotopic (exact) mass is 516 g/mol. The highest BCUT2D eigenvalue weighted by molar-refractivity contribution is 6.33. The molecular weight excluding hydrogens is 489 g/mol. The Bertz CT molecular complexity index is 1310. The van der Waals surface area contributed by atoms with E-state index < -0.39 is 30.0 Å². The lowest BCUT2D eigenvalue weighted by Crippen LogP contribution is -2.31. The Morgan fingerprint density at radius 1 is 1.06 bits per heavy atom. The minimum atomic E-state index is -4.49. The van der Waals surface area contributed by atoms with Crippen LogP contribution in [-0.4, -0.2) is 22.0 Å². The Labute approximate surface area is 214 Å². The number of halogens is 4. The van der Waals surface area contributed by atoms with E-state index in [-0.39, 0.29) is 12.5 Å². The summed E-state index contributed by atoms with van der Waals surface area (Å²) < 4.78 is 45.8. The lowest BCUT2D eigenvalue weighted by Gasteiger charge is -2.23. The lowest BCUT2D eigenvalue weighted by molar-refractivity contribution is -0.137. The second kappa shape index (κ2) is 9.77. The Hall–Kier alpha value is -3.06. The van der Waals surface area contributed by atoms with E-state index in [0.717, 1.165) is 34.5 Å². The number of alkyl halides is 3. The van der Waals surface area contributed by atoms with Crippen molar-refractivity contribution in [3.63, 3.8) is 0 Å². The molecular formula is C28H28ClF3N2O2. The first-order valence-corrected chi connectivity index (χ1v) is 12.2. The highest BCUT2D eigenvalue weighted by Crippen LogP contribution is 2.39. The molecule has 190 valence electrons. The molecule has 2 heterocycles. The van der Waals surface area contributed by atoms with Crippen LogP contribution in [0.4, 0.5) is 18.0 Å². The third-order valence-electron chi connectivity index (χ3n) is 6.46. The van der Waals surface area contributed by atoms with E-state index in [0.29, 0.717) is 21.8 Å². The summed E-state index contributed by atoms with van der Waals surface area (Å²) in [6.45, 7) is 9.63. The average Bonchev–Trinajstić information content (AvgIpc) is 3.07. The predicted molar refractivity (Wildman–Crippen MR) is 134 cm³/mol. The van der Waals surface area contributed by atoms with Gasteiger partial charge in [-0.05, 0) is 62.1 Å². The van der Waals surface area contributed by atoms with Gasteiger partial charge in [-0.2, -0.15) is 13.2 Å². The van der Waals surface area contributed by atoms with Crippen LogP contribution in [0.25, 0.3) is 11.3 Å². The van der Waals surface area contributed by atoms with Crippen molar-refractivity contribution in [3.05, 3.63) is 87.1 Å². The second-order valence-electron chi connectivity index (χ2n) is 9.68. The van der Waals surface area contributed by atoms with Gasteiger partial charge < -0.3 is 4.74 Å². The van der Waals surface area contributed by atoms with Gasteiger partial charge in [-0.25, -0.2) is 4.79 Å². The summed E-state index contributed by atoms with van der Waals surface area (Å²) in [6, 6.07) is 12.9. The van der Waals surface area contributed by atoms with Crippen molar-refractivity contribution in [1.29, 1.82) is 0 Å². The van der Waals surface area contributed by atoms with E-state index in [1.807, 2.05) is 51.1 Å². The smallest absolute Gasteiger partial charge is 0.416 e. The van der Waals surface area contributed by atoms with Gasteiger partial charge in [0.1, 0.15) is 6.10 Å². The number of aryl methyl sites for hydroxylation is 2. The molecule has 0 unspecified atom stereocenters. The number of pyridine rings is 1. The number of nitrogens with zero attached hydrogens (tertiary/aromatic N) is 2. The van der Waals surface area contributed by atoms with Crippen LogP contribution in [0.15, 0.2) is 48.5 Å². The Morgan fingerprint density at radius 3 is 2.44 bits per heavy atom. The maximum absolute atomic E-state index is 13.4. The highest BCUT2D eigenvalue weighted by atomic mass is 35.5. The SMILES string of the molecule is Cc1cc([C@H]2OC(=O)N(Cc3cc(C)ccc3-c3nc(C(C)C)ccc3Cl)[C@H]2C)cc(C(F)(F)F)c1.